The molecule has 29 heavy (non-hydrogen) atoms. The summed E-state index contributed by atoms with van der Waals surface area (Å²) in [5.74, 6) is -2.44. The number of ketones is 1. The van der Waals surface area contributed by atoms with Crippen LogP contribution in [0.15, 0.2) is 55.0 Å². The number of hydrogen-bond acceptors (Lipinski definition) is 5. The van der Waals surface area contributed by atoms with E-state index in [1.165, 1.54) is 18.2 Å². The largest absolute Gasteiger partial charge is 0.451 e. The number of fused-ring (bicyclic) bond motifs is 3. The van der Waals surface area contributed by atoms with Crippen molar-refractivity contribution in [2.45, 2.75) is 6.18 Å². The van der Waals surface area contributed by atoms with Gasteiger partial charge in [-0.05, 0) is 41.5 Å². The van der Waals surface area contributed by atoms with Gasteiger partial charge in [0.15, 0.2) is 0 Å². The third-order valence-corrected chi connectivity index (χ3v) is 4.21. The van der Waals surface area contributed by atoms with E-state index in [9.17, 15) is 22.8 Å². The molecule has 144 valence electrons. The molecule has 0 radical (unpaired) electrons. The maximum Gasteiger partial charge on any atom is 0.451 e. The molecule has 9 heteroatoms. The van der Waals surface area contributed by atoms with Crippen LogP contribution in [0, 0.1) is 0 Å². The molecule has 0 fully saturated rings. The van der Waals surface area contributed by atoms with Crippen molar-refractivity contribution < 1.29 is 22.8 Å². The highest BCUT2D eigenvalue weighted by Crippen LogP contribution is 2.38. The van der Waals surface area contributed by atoms with E-state index in [0.29, 0.717) is 11.3 Å². The zero-order valence-corrected chi connectivity index (χ0v) is 14.6. The van der Waals surface area contributed by atoms with E-state index in [0.717, 1.165) is 11.8 Å². The average molecular weight is 396 g/mol. The van der Waals surface area contributed by atoms with Gasteiger partial charge in [-0.15, -0.1) is 0 Å². The SMILES string of the molecule is O=C(C=Cc1ccncc1)Nc1ccc2c(c1)C(=O)c1nc(C(F)(F)F)ncc1-2. The molecule has 0 atom stereocenters. The Labute approximate surface area is 162 Å². The fraction of sp³-hybridized carbons (Fsp3) is 0.0500. The van der Waals surface area contributed by atoms with E-state index < -0.39 is 23.7 Å². The number of amides is 1. The van der Waals surface area contributed by atoms with Crippen LogP contribution in [0.5, 0.6) is 0 Å². The van der Waals surface area contributed by atoms with Crippen molar-refractivity contribution in [1.29, 1.82) is 0 Å². The molecule has 1 N–H and O–H groups in total. The van der Waals surface area contributed by atoms with Crippen LogP contribution in [-0.4, -0.2) is 26.6 Å². The first kappa shape index (κ1) is 18.5. The fourth-order valence-electron chi connectivity index (χ4n) is 2.89. The van der Waals surface area contributed by atoms with Crippen molar-refractivity contribution in [2.75, 3.05) is 5.32 Å². The molecule has 2 aromatic heterocycles. The highest BCUT2D eigenvalue weighted by molar-refractivity contribution is 6.21. The average Bonchev–Trinajstić information content (AvgIpc) is 2.98. The molecule has 0 bridgehead atoms. The van der Waals surface area contributed by atoms with E-state index in [1.54, 1.807) is 36.7 Å². The van der Waals surface area contributed by atoms with Gasteiger partial charge in [-0.3, -0.25) is 14.6 Å². The summed E-state index contributed by atoms with van der Waals surface area (Å²) in [6, 6.07) is 7.95. The van der Waals surface area contributed by atoms with Crippen molar-refractivity contribution in [3.63, 3.8) is 0 Å². The number of nitrogens with zero attached hydrogens (tertiary/aromatic N) is 3. The number of benzene rings is 1. The van der Waals surface area contributed by atoms with E-state index in [-0.39, 0.29) is 16.8 Å². The number of halogens is 3. The quantitative estimate of drug-likeness (QED) is 0.533. The first-order valence-electron chi connectivity index (χ1n) is 8.35. The molecule has 6 nitrogen and oxygen atoms in total. The second-order valence-corrected chi connectivity index (χ2v) is 6.15. The number of nitrogens with one attached hydrogen (secondary N) is 1. The summed E-state index contributed by atoms with van der Waals surface area (Å²) in [6.07, 6.45) is 2.34. The van der Waals surface area contributed by atoms with Crippen molar-refractivity contribution in [3.05, 3.63) is 77.6 Å². The smallest absolute Gasteiger partial charge is 0.322 e. The lowest BCUT2D eigenvalue weighted by atomic mass is 10.1. The number of alkyl halides is 3. The van der Waals surface area contributed by atoms with Crippen molar-refractivity contribution >= 4 is 23.5 Å². The van der Waals surface area contributed by atoms with Gasteiger partial charge in [0.25, 0.3) is 0 Å². The summed E-state index contributed by atoms with van der Waals surface area (Å²) in [5, 5.41) is 2.62. The van der Waals surface area contributed by atoms with E-state index in [4.69, 9.17) is 0 Å². The summed E-state index contributed by atoms with van der Waals surface area (Å²) < 4.78 is 38.5. The Balaban J connectivity index is 1.57. The number of aromatic nitrogens is 3. The highest BCUT2D eigenvalue weighted by atomic mass is 19.4. The van der Waals surface area contributed by atoms with Crippen LogP contribution in [0.25, 0.3) is 17.2 Å². The highest BCUT2D eigenvalue weighted by Gasteiger charge is 2.38. The Morgan fingerprint density at radius 1 is 1.03 bits per heavy atom. The first-order chi connectivity index (χ1) is 13.8. The van der Waals surface area contributed by atoms with Gasteiger partial charge in [0.1, 0.15) is 5.69 Å². The molecular weight excluding hydrogens is 385 g/mol. The molecule has 1 aliphatic rings. The Hall–Kier alpha value is -3.88. The van der Waals surface area contributed by atoms with Gasteiger partial charge in [0.05, 0.1) is 0 Å². The minimum absolute atomic E-state index is 0.157. The van der Waals surface area contributed by atoms with Crippen molar-refractivity contribution in [3.8, 4) is 11.1 Å². The number of hydrogen-bond donors (Lipinski definition) is 1. The van der Waals surface area contributed by atoms with Gasteiger partial charge in [0, 0.05) is 41.5 Å². The zero-order chi connectivity index (χ0) is 20.6. The van der Waals surface area contributed by atoms with Gasteiger partial charge in [-0.1, -0.05) is 6.07 Å². The number of carbonyl (C=O) groups excluding carboxylic acids is 2. The maximum atomic E-state index is 12.8. The van der Waals surface area contributed by atoms with Gasteiger partial charge < -0.3 is 5.32 Å². The Morgan fingerprint density at radius 3 is 2.52 bits per heavy atom. The molecule has 0 saturated carbocycles. The van der Waals surface area contributed by atoms with Gasteiger partial charge in [-0.25, -0.2) is 9.97 Å². The third-order valence-electron chi connectivity index (χ3n) is 4.21. The lowest BCUT2D eigenvalue weighted by Gasteiger charge is -2.06. The molecular formula is C20H11F3N4O2. The molecule has 0 unspecified atom stereocenters. The lowest BCUT2D eigenvalue weighted by molar-refractivity contribution is -0.145. The fourth-order valence-corrected chi connectivity index (χ4v) is 2.89. The zero-order valence-electron chi connectivity index (χ0n) is 14.6. The molecule has 1 amide bonds. The topological polar surface area (TPSA) is 84.8 Å². The van der Waals surface area contributed by atoms with E-state index >= 15 is 0 Å². The van der Waals surface area contributed by atoms with E-state index in [1.807, 2.05) is 0 Å². The molecule has 2 heterocycles. The molecule has 3 aromatic rings. The minimum Gasteiger partial charge on any atom is -0.322 e. The molecule has 4 rings (SSSR count). The van der Waals surface area contributed by atoms with Crippen LogP contribution >= 0.6 is 0 Å². The molecule has 1 aromatic carbocycles. The van der Waals surface area contributed by atoms with Crippen LogP contribution in [0.3, 0.4) is 0 Å². The molecule has 0 aliphatic heterocycles. The van der Waals surface area contributed by atoms with Gasteiger partial charge in [-0.2, -0.15) is 13.2 Å². The predicted molar refractivity (Wildman–Crippen MR) is 97.8 cm³/mol. The molecule has 1 aliphatic carbocycles. The second kappa shape index (κ2) is 6.93. The summed E-state index contributed by atoms with van der Waals surface area (Å²) in [5.41, 5.74) is 1.62. The summed E-state index contributed by atoms with van der Waals surface area (Å²) in [6.45, 7) is 0. The van der Waals surface area contributed by atoms with Gasteiger partial charge in [0.2, 0.25) is 17.5 Å². The number of rotatable bonds is 3. The van der Waals surface area contributed by atoms with Crippen LogP contribution < -0.4 is 5.32 Å². The monoisotopic (exact) mass is 396 g/mol. The first-order valence-corrected chi connectivity index (χ1v) is 8.35. The van der Waals surface area contributed by atoms with E-state index in [2.05, 4.69) is 20.3 Å². The van der Waals surface area contributed by atoms with Crippen molar-refractivity contribution in [2.24, 2.45) is 0 Å². The third kappa shape index (κ3) is 3.62. The summed E-state index contributed by atoms with van der Waals surface area (Å²) >= 11 is 0. The van der Waals surface area contributed by atoms with Crippen LogP contribution in [0.2, 0.25) is 0 Å². The van der Waals surface area contributed by atoms with Crippen molar-refractivity contribution in [1.82, 2.24) is 15.0 Å². The van der Waals surface area contributed by atoms with Crippen LogP contribution in [-0.2, 0) is 11.0 Å². The standard InChI is InChI=1S/C20H11F3N4O2/c21-20(22,23)19-25-10-15-13-3-2-12(9-14(13)18(29)17(15)27-19)26-16(28)4-1-11-5-7-24-8-6-11/h1-10H,(H,26,28). The second-order valence-electron chi connectivity index (χ2n) is 6.15. The molecule has 0 saturated heterocycles. The Kier molecular flexibility index (Phi) is 4.42. The maximum absolute atomic E-state index is 12.8. The van der Waals surface area contributed by atoms with Crippen LogP contribution in [0.4, 0.5) is 18.9 Å². The minimum atomic E-state index is -4.75. The summed E-state index contributed by atoms with van der Waals surface area (Å²) in [7, 11) is 0. The normalized spacial score (nSPS) is 12.7. The Bertz CT molecular complexity index is 1160. The van der Waals surface area contributed by atoms with Crippen LogP contribution in [0.1, 0.15) is 27.4 Å². The van der Waals surface area contributed by atoms with Gasteiger partial charge >= 0.3 is 6.18 Å². The lowest BCUT2D eigenvalue weighted by Crippen LogP contribution is -2.13. The molecule has 0 spiro atoms. The number of pyridine rings is 1. The number of anilines is 1. The number of carbonyl (C=O) groups is 2. The summed E-state index contributed by atoms with van der Waals surface area (Å²) in [4.78, 5) is 35.2. The Morgan fingerprint density at radius 2 is 1.79 bits per heavy atom. The predicted octanol–water partition coefficient (Wildman–Crippen LogP) is 3.75.